The maximum absolute atomic E-state index is 12.8. The Morgan fingerprint density at radius 3 is 2.39 bits per heavy atom. The van der Waals surface area contributed by atoms with E-state index in [0.29, 0.717) is 10.9 Å². The molecular formula is C18H17BrN2O2. The van der Waals surface area contributed by atoms with Crippen molar-refractivity contribution in [1.29, 1.82) is 0 Å². The van der Waals surface area contributed by atoms with Crippen molar-refractivity contribution >= 4 is 32.5 Å². The smallest absolute Gasteiger partial charge is 0.261 e. The lowest BCUT2D eigenvalue weighted by molar-refractivity contribution is 0.466. The molecule has 3 aromatic rings. The Labute approximate surface area is 142 Å². The van der Waals surface area contributed by atoms with Crippen LogP contribution in [0.2, 0.25) is 0 Å². The molecule has 2 N–H and O–H groups in total. The lowest BCUT2D eigenvalue weighted by Gasteiger charge is -2.27. The lowest BCUT2D eigenvalue weighted by Crippen LogP contribution is -2.34. The predicted octanol–water partition coefficient (Wildman–Crippen LogP) is 3.92. The summed E-state index contributed by atoms with van der Waals surface area (Å²) < 4.78 is 0.647. The fourth-order valence-corrected chi connectivity index (χ4v) is 3.34. The molecule has 0 aliphatic heterocycles. The second-order valence-corrected chi connectivity index (χ2v) is 7.18. The Morgan fingerprint density at radius 1 is 1.09 bits per heavy atom. The molecule has 4 nitrogen and oxygen atoms in total. The van der Waals surface area contributed by atoms with Crippen LogP contribution in [0.15, 0.2) is 59.4 Å². The van der Waals surface area contributed by atoms with Crippen molar-refractivity contribution in [3.05, 3.63) is 70.5 Å². The Morgan fingerprint density at radius 2 is 1.70 bits per heavy atom. The third kappa shape index (κ3) is 2.72. The number of nitrogens with zero attached hydrogens (tertiary/aromatic N) is 1. The fraction of sp³-hybridized carbons (Fsp3) is 0.167. The van der Waals surface area contributed by atoms with Gasteiger partial charge in [0.2, 0.25) is 0 Å². The fourth-order valence-electron chi connectivity index (χ4n) is 2.76. The van der Waals surface area contributed by atoms with E-state index in [-0.39, 0.29) is 16.9 Å². The molecule has 1 heterocycles. The normalized spacial score (nSPS) is 13.7. The number of rotatable bonds is 3. The number of aryl methyl sites for hydroxylation is 1. The van der Waals surface area contributed by atoms with Crippen LogP contribution in [0.4, 0.5) is 5.69 Å². The highest BCUT2D eigenvalue weighted by Gasteiger charge is 2.31. The van der Waals surface area contributed by atoms with Gasteiger partial charge in [0, 0.05) is 18.1 Å². The molecule has 0 bridgehead atoms. The van der Waals surface area contributed by atoms with E-state index in [1.807, 2.05) is 55.5 Å². The first kappa shape index (κ1) is 15.6. The maximum atomic E-state index is 12.8. The highest BCUT2D eigenvalue weighted by molar-refractivity contribution is 9.09. The van der Waals surface area contributed by atoms with Crippen LogP contribution >= 0.6 is 15.9 Å². The first-order valence-electron chi connectivity index (χ1n) is 7.25. The quantitative estimate of drug-likeness (QED) is 0.541. The summed E-state index contributed by atoms with van der Waals surface area (Å²) in [6.45, 7) is 1.81. The van der Waals surface area contributed by atoms with Crippen LogP contribution in [0.25, 0.3) is 10.9 Å². The number of aromatic hydroxyl groups is 1. The van der Waals surface area contributed by atoms with Crippen LogP contribution < -0.4 is 10.9 Å². The molecule has 0 aliphatic rings. The largest absolute Gasteiger partial charge is 0.507 e. The number of fused-ring (bicyclic) bond motifs is 1. The highest BCUT2D eigenvalue weighted by Crippen LogP contribution is 2.38. The van der Waals surface area contributed by atoms with E-state index in [4.69, 9.17) is 0 Å². The summed E-state index contributed by atoms with van der Waals surface area (Å²) in [4.78, 5) is 12.8. The van der Waals surface area contributed by atoms with Crippen molar-refractivity contribution in [2.45, 2.75) is 11.4 Å². The molecule has 23 heavy (non-hydrogen) atoms. The van der Waals surface area contributed by atoms with Gasteiger partial charge in [0.15, 0.2) is 0 Å². The van der Waals surface area contributed by atoms with Gasteiger partial charge in [0.25, 0.3) is 5.56 Å². The summed E-state index contributed by atoms with van der Waals surface area (Å²) in [6.07, 6.45) is 0. The number of hydrogen-bond donors (Lipinski definition) is 2. The van der Waals surface area contributed by atoms with Crippen LogP contribution in [-0.4, -0.2) is 9.67 Å². The molecule has 1 atom stereocenters. The standard InChI is InChI=1S/C18H17BrN2O2/c1-18(19,20-12-8-4-3-5-9-12)15-16(22)13-10-6-7-11-14(13)21(2)17(15)23/h3-11,20,22H,1-2H3/t18-/m0/s1. The zero-order valence-electron chi connectivity index (χ0n) is 12.9. The molecule has 0 fully saturated rings. The lowest BCUT2D eigenvalue weighted by atomic mass is 10.0. The minimum absolute atomic E-state index is 0.00786. The van der Waals surface area contributed by atoms with Crippen LogP contribution in [0, 0.1) is 0 Å². The summed E-state index contributed by atoms with van der Waals surface area (Å²) in [5, 5.41) is 14.6. The van der Waals surface area contributed by atoms with Gasteiger partial charge in [-0.15, -0.1) is 0 Å². The minimum Gasteiger partial charge on any atom is -0.507 e. The number of pyridine rings is 1. The average Bonchev–Trinajstić information content (AvgIpc) is 2.53. The van der Waals surface area contributed by atoms with Gasteiger partial charge in [-0.25, -0.2) is 0 Å². The molecule has 0 saturated carbocycles. The van der Waals surface area contributed by atoms with E-state index >= 15 is 0 Å². The van der Waals surface area contributed by atoms with Crippen molar-refractivity contribution in [1.82, 2.24) is 4.57 Å². The highest BCUT2D eigenvalue weighted by atomic mass is 79.9. The van der Waals surface area contributed by atoms with Gasteiger partial charge in [0.1, 0.15) is 10.2 Å². The third-order valence-electron chi connectivity index (χ3n) is 3.90. The maximum Gasteiger partial charge on any atom is 0.261 e. The zero-order chi connectivity index (χ0) is 16.6. The average molecular weight is 373 g/mol. The zero-order valence-corrected chi connectivity index (χ0v) is 14.5. The Hall–Kier alpha value is -2.27. The second-order valence-electron chi connectivity index (χ2n) is 5.60. The molecule has 1 aromatic heterocycles. The van der Waals surface area contributed by atoms with E-state index in [9.17, 15) is 9.90 Å². The third-order valence-corrected chi connectivity index (χ3v) is 4.49. The van der Waals surface area contributed by atoms with Gasteiger partial charge >= 0.3 is 0 Å². The van der Waals surface area contributed by atoms with Crippen LogP contribution in [0.1, 0.15) is 12.5 Å². The molecule has 5 heteroatoms. The van der Waals surface area contributed by atoms with Gasteiger partial charge in [-0.05, 0) is 31.2 Å². The number of alkyl halides is 1. The summed E-state index contributed by atoms with van der Waals surface area (Å²) in [6, 6.07) is 16.8. The van der Waals surface area contributed by atoms with E-state index < -0.39 is 4.45 Å². The van der Waals surface area contributed by atoms with Crippen molar-refractivity contribution < 1.29 is 5.11 Å². The molecule has 0 radical (unpaired) electrons. The van der Waals surface area contributed by atoms with Crippen molar-refractivity contribution in [2.75, 3.05) is 5.32 Å². The van der Waals surface area contributed by atoms with E-state index in [1.165, 1.54) is 0 Å². The number of aromatic nitrogens is 1. The monoisotopic (exact) mass is 372 g/mol. The summed E-state index contributed by atoms with van der Waals surface area (Å²) in [5.41, 5.74) is 1.58. The van der Waals surface area contributed by atoms with Crippen molar-refractivity contribution in [3.8, 4) is 5.75 Å². The van der Waals surface area contributed by atoms with Crippen LogP contribution in [0.5, 0.6) is 5.75 Å². The Balaban J connectivity index is 2.21. The number of anilines is 1. The molecular weight excluding hydrogens is 356 g/mol. The minimum atomic E-state index is -0.905. The van der Waals surface area contributed by atoms with Crippen LogP contribution in [0.3, 0.4) is 0 Å². The summed E-state index contributed by atoms with van der Waals surface area (Å²) in [5.74, 6) is -0.00786. The first-order chi connectivity index (χ1) is 10.9. The van der Waals surface area contributed by atoms with E-state index in [2.05, 4.69) is 21.2 Å². The van der Waals surface area contributed by atoms with Gasteiger partial charge in [-0.2, -0.15) is 0 Å². The predicted molar refractivity (Wildman–Crippen MR) is 97.2 cm³/mol. The number of benzene rings is 2. The molecule has 0 amide bonds. The number of para-hydroxylation sites is 2. The molecule has 0 aliphatic carbocycles. The number of halogens is 1. The second kappa shape index (κ2) is 5.74. The molecule has 118 valence electrons. The first-order valence-corrected chi connectivity index (χ1v) is 8.04. The van der Waals surface area contributed by atoms with Gasteiger partial charge in [-0.3, -0.25) is 4.79 Å². The summed E-state index contributed by atoms with van der Waals surface area (Å²) in [7, 11) is 1.71. The number of nitrogens with one attached hydrogen (secondary N) is 1. The Kier molecular flexibility index (Phi) is 3.90. The van der Waals surface area contributed by atoms with Crippen LogP contribution in [-0.2, 0) is 11.5 Å². The molecule has 3 rings (SSSR count). The van der Waals surface area contributed by atoms with Gasteiger partial charge in [0.05, 0.1) is 11.1 Å². The molecule has 0 saturated heterocycles. The summed E-state index contributed by atoms with van der Waals surface area (Å²) >= 11 is 3.56. The Bertz CT molecular complexity index is 917. The topological polar surface area (TPSA) is 54.3 Å². The van der Waals surface area contributed by atoms with Crippen molar-refractivity contribution in [3.63, 3.8) is 0 Å². The molecule has 0 spiro atoms. The number of hydrogen-bond acceptors (Lipinski definition) is 3. The van der Waals surface area contributed by atoms with Crippen molar-refractivity contribution in [2.24, 2.45) is 7.05 Å². The van der Waals surface area contributed by atoms with Gasteiger partial charge in [-0.1, -0.05) is 46.3 Å². The van der Waals surface area contributed by atoms with Gasteiger partial charge < -0.3 is 15.0 Å². The van der Waals surface area contributed by atoms with E-state index in [0.717, 1.165) is 5.69 Å². The molecule has 2 aromatic carbocycles. The van der Waals surface area contributed by atoms with E-state index in [1.54, 1.807) is 17.7 Å². The molecule has 0 unspecified atom stereocenters. The SMILES string of the molecule is Cn1c(=O)c([C@@](C)(Br)Nc2ccccc2)c(O)c2ccccc21.